The minimum Gasteiger partial charge on any atom is -0.464 e. The lowest BCUT2D eigenvalue weighted by molar-refractivity contribution is 0.617. The van der Waals surface area contributed by atoms with Gasteiger partial charge in [-0.15, -0.1) is 0 Å². The fourth-order valence-corrected chi connectivity index (χ4v) is 13.4. The molecule has 0 fully saturated rings. The van der Waals surface area contributed by atoms with Crippen molar-refractivity contribution < 1.29 is 4.42 Å². The second-order valence-corrected chi connectivity index (χ2v) is 16.9. The van der Waals surface area contributed by atoms with Crippen LogP contribution in [0.4, 0.5) is 0 Å². The van der Waals surface area contributed by atoms with Gasteiger partial charge in [-0.1, -0.05) is 175 Å². The largest absolute Gasteiger partial charge is 0.464 e. The van der Waals surface area contributed by atoms with Crippen LogP contribution in [-0.4, -0.2) is 8.07 Å². The third kappa shape index (κ3) is 4.83. The summed E-state index contributed by atoms with van der Waals surface area (Å²) in [6.07, 6.45) is 12.4. The molecule has 0 aliphatic heterocycles. The molecule has 1 heterocycles. The SMILES string of the molecule is C1=CCCCC([Si](c2ccccc2)(c2ccccc2)c2ccc3occ(-c4c5ccccc5c(-c5ccccc5)c5ccccc45)c3c2)=C1. The van der Waals surface area contributed by atoms with Crippen molar-refractivity contribution in [3.8, 4) is 22.3 Å². The smallest absolute Gasteiger partial charge is 0.175 e. The molecule has 7 aromatic carbocycles. The van der Waals surface area contributed by atoms with E-state index in [1.54, 1.807) is 5.20 Å². The van der Waals surface area contributed by atoms with Crippen LogP contribution >= 0.6 is 0 Å². The van der Waals surface area contributed by atoms with Gasteiger partial charge in [-0.2, -0.15) is 0 Å². The summed E-state index contributed by atoms with van der Waals surface area (Å²) in [6.45, 7) is 0. The Morgan fingerprint density at radius 3 is 1.65 bits per heavy atom. The van der Waals surface area contributed by atoms with Crippen LogP contribution in [-0.2, 0) is 0 Å². The first-order valence-corrected chi connectivity index (χ1v) is 19.3. The van der Waals surface area contributed by atoms with Gasteiger partial charge in [0.25, 0.3) is 0 Å². The van der Waals surface area contributed by atoms with Gasteiger partial charge in [0.1, 0.15) is 5.58 Å². The summed E-state index contributed by atoms with van der Waals surface area (Å²) in [6, 6.07) is 58.2. The maximum absolute atomic E-state index is 6.45. The first-order valence-electron chi connectivity index (χ1n) is 17.3. The van der Waals surface area contributed by atoms with Crippen LogP contribution in [0.1, 0.15) is 19.3 Å². The molecule has 1 nitrogen and oxygen atoms in total. The number of fused-ring (bicyclic) bond motifs is 3. The third-order valence-corrected chi connectivity index (χ3v) is 15.4. The van der Waals surface area contributed by atoms with E-state index in [0.717, 1.165) is 35.8 Å². The fraction of sp³-hybridized carbons (Fsp3) is 0.0638. The van der Waals surface area contributed by atoms with Crippen LogP contribution in [0, 0.1) is 0 Å². The van der Waals surface area contributed by atoms with Crippen molar-refractivity contribution in [2.75, 3.05) is 0 Å². The van der Waals surface area contributed by atoms with Gasteiger partial charge in [-0.25, -0.2) is 0 Å². The van der Waals surface area contributed by atoms with E-state index in [1.165, 1.54) is 53.8 Å². The summed E-state index contributed by atoms with van der Waals surface area (Å²) in [5.41, 5.74) is 5.79. The minimum absolute atomic E-state index is 0.915. The number of hydrogen-bond donors (Lipinski definition) is 0. The van der Waals surface area contributed by atoms with E-state index >= 15 is 0 Å². The molecule has 49 heavy (non-hydrogen) atoms. The van der Waals surface area contributed by atoms with E-state index in [0.29, 0.717) is 0 Å². The average molecular weight is 645 g/mol. The lowest BCUT2D eigenvalue weighted by Crippen LogP contribution is -2.68. The van der Waals surface area contributed by atoms with Gasteiger partial charge in [0.15, 0.2) is 8.07 Å². The van der Waals surface area contributed by atoms with Crippen LogP contribution < -0.4 is 15.6 Å². The highest BCUT2D eigenvalue weighted by Gasteiger charge is 2.43. The van der Waals surface area contributed by atoms with E-state index in [4.69, 9.17) is 4.42 Å². The molecule has 0 radical (unpaired) electrons. The first-order chi connectivity index (χ1) is 24.3. The van der Waals surface area contributed by atoms with Gasteiger partial charge >= 0.3 is 0 Å². The molecule has 0 N–H and O–H groups in total. The molecular formula is C47H36OSi. The number of rotatable bonds is 6. The lowest BCUT2D eigenvalue weighted by Gasteiger charge is -2.36. The molecule has 8 aromatic rings. The van der Waals surface area contributed by atoms with E-state index < -0.39 is 8.07 Å². The van der Waals surface area contributed by atoms with Gasteiger partial charge < -0.3 is 4.42 Å². The number of allylic oxidation sites excluding steroid dienone is 4. The average Bonchev–Trinajstić information content (AvgIpc) is 3.39. The van der Waals surface area contributed by atoms with Gasteiger partial charge in [0.05, 0.1) is 6.26 Å². The van der Waals surface area contributed by atoms with Crippen LogP contribution in [0.5, 0.6) is 0 Å². The maximum Gasteiger partial charge on any atom is 0.175 e. The molecule has 1 aliphatic rings. The Hall–Kier alpha value is -5.70. The van der Waals surface area contributed by atoms with E-state index in [9.17, 15) is 0 Å². The highest BCUT2D eigenvalue weighted by Crippen LogP contribution is 2.45. The molecule has 9 rings (SSSR count). The Kier molecular flexibility index (Phi) is 7.44. The predicted octanol–water partition coefficient (Wildman–Crippen LogP) is 10.7. The fourth-order valence-electron chi connectivity index (χ4n) is 8.31. The zero-order chi connectivity index (χ0) is 32.6. The molecule has 0 saturated carbocycles. The molecular weight excluding hydrogens is 609 g/mol. The molecule has 0 bridgehead atoms. The zero-order valence-electron chi connectivity index (χ0n) is 27.4. The van der Waals surface area contributed by atoms with Crippen molar-refractivity contribution in [1.82, 2.24) is 0 Å². The second-order valence-electron chi connectivity index (χ2n) is 13.1. The monoisotopic (exact) mass is 644 g/mol. The number of furan rings is 1. The lowest BCUT2D eigenvalue weighted by atomic mass is 9.86. The normalized spacial score (nSPS) is 13.5. The Balaban J connectivity index is 1.37. The van der Waals surface area contributed by atoms with E-state index in [2.05, 4.69) is 176 Å². The molecule has 0 saturated heterocycles. The van der Waals surface area contributed by atoms with Crippen LogP contribution in [0.25, 0.3) is 54.8 Å². The zero-order valence-corrected chi connectivity index (χ0v) is 28.4. The van der Waals surface area contributed by atoms with Crippen LogP contribution in [0.2, 0.25) is 0 Å². The van der Waals surface area contributed by atoms with Crippen molar-refractivity contribution >= 4 is 56.1 Å². The Morgan fingerprint density at radius 1 is 0.490 bits per heavy atom. The van der Waals surface area contributed by atoms with Crippen LogP contribution in [0.3, 0.4) is 0 Å². The summed E-state index contributed by atoms with van der Waals surface area (Å²) >= 11 is 0. The summed E-state index contributed by atoms with van der Waals surface area (Å²) < 4.78 is 6.45. The van der Waals surface area contributed by atoms with Gasteiger partial charge in [0.2, 0.25) is 0 Å². The third-order valence-electron chi connectivity index (χ3n) is 10.4. The Labute approximate surface area is 288 Å². The molecule has 0 spiro atoms. The van der Waals surface area contributed by atoms with Gasteiger partial charge in [-0.3, -0.25) is 0 Å². The van der Waals surface area contributed by atoms with Crippen molar-refractivity contribution in [3.63, 3.8) is 0 Å². The number of benzene rings is 7. The summed E-state index contributed by atoms with van der Waals surface area (Å²) in [5, 5.41) is 11.9. The minimum atomic E-state index is -2.66. The molecule has 0 atom stereocenters. The number of hydrogen-bond acceptors (Lipinski definition) is 1. The highest BCUT2D eigenvalue weighted by atomic mass is 28.3. The van der Waals surface area contributed by atoms with Crippen LogP contribution in [0.15, 0.2) is 192 Å². The Morgan fingerprint density at radius 2 is 1.04 bits per heavy atom. The van der Waals surface area contributed by atoms with Crippen molar-refractivity contribution in [1.29, 1.82) is 0 Å². The molecule has 1 aromatic heterocycles. The summed E-state index contributed by atoms with van der Waals surface area (Å²) in [7, 11) is -2.66. The maximum atomic E-state index is 6.45. The van der Waals surface area contributed by atoms with E-state index in [1.807, 2.05) is 6.26 Å². The van der Waals surface area contributed by atoms with Crippen molar-refractivity contribution in [3.05, 3.63) is 187 Å². The molecule has 0 amide bonds. The standard InChI is InChI=1S/C47H36OSi/c1-2-9-21-35(20-8-1)49(36-22-10-4-11-23-36,37-24-12-5-13-25-37)38-30-31-45-43(32-38)44(33-48-45)47-41-28-16-14-26-39(41)46(34-18-6-3-7-19-34)40-27-15-17-29-42(40)47/h1,3-8,10-20,22-33H,2,9,21H2. The van der Waals surface area contributed by atoms with Gasteiger partial charge in [0, 0.05) is 16.5 Å². The van der Waals surface area contributed by atoms with Gasteiger partial charge in [-0.05, 0) is 73.6 Å². The van der Waals surface area contributed by atoms with Crippen molar-refractivity contribution in [2.24, 2.45) is 0 Å². The molecule has 234 valence electrons. The molecule has 1 aliphatic carbocycles. The first kappa shape index (κ1) is 29.4. The van der Waals surface area contributed by atoms with Crippen molar-refractivity contribution in [2.45, 2.75) is 19.3 Å². The molecule has 0 unspecified atom stereocenters. The summed E-state index contributed by atoms with van der Waals surface area (Å²) in [4.78, 5) is 0. The Bertz CT molecular complexity index is 2410. The topological polar surface area (TPSA) is 13.1 Å². The summed E-state index contributed by atoms with van der Waals surface area (Å²) in [5.74, 6) is 0. The second kappa shape index (κ2) is 12.4. The highest BCUT2D eigenvalue weighted by molar-refractivity contribution is 7.16. The quantitative estimate of drug-likeness (QED) is 0.0997. The van der Waals surface area contributed by atoms with E-state index in [-0.39, 0.29) is 0 Å². The predicted molar refractivity (Wildman–Crippen MR) is 211 cm³/mol. The molecule has 2 heteroatoms.